The van der Waals surface area contributed by atoms with Crippen LogP contribution in [0.5, 0.6) is 0 Å². The van der Waals surface area contributed by atoms with Gasteiger partial charge < -0.3 is 10.4 Å². The standard InChI is InChI=1S/C20H23NO3S/c1-11-4-7-15-16(10-25-17(15)8-11)19(22)21-18(20(23)24)14-6-5-12(2)13(3)9-14/h5-6,9-11,18H,4,7-8H2,1-3H3,(H,21,22)(H,23,24). The zero-order chi connectivity index (χ0) is 18.1. The van der Waals surface area contributed by atoms with Crippen LogP contribution in [0, 0.1) is 19.8 Å². The van der Waals surface area contributed by atoms with E-state index in [4.69, 9.17) is 0 Å². The fraction of sp³-hybridized carbons (Fsp3) is 0.400. The van der Waals surface area contributed by atoms with Gasteiger partial charge in [0.05, 0.1) is 5.56 Å². The highest BCUT2D eigenvalue weighted by molar-refractivity contribution is 7.10. The number of hydrogen-bond acceptors (Lipinski definition) is 3. The Hall–Kier alpha value is -2.14. The fourth-order valence-corrected chi connectivity index (χ4v) is 4.55. The molecule has 0 fully saturated rings. The third kappa shape index (κ3) is 3.61. The number of carboxylic acids is 1. The molecule has 2 N–H and O–H groups in total. The maximum absolute atomic E-state index is 12.7. The van der Waals surface area contributed by atoms with Crippen LogP contribution < -0.4 is 5.32 Å². The maximum Gasteiger partial charge on any atom is 0.330 e. The van der Waals surface area contributed by atoms with Crippen molar-refractivity contribution in [1.29, 1.82) is 0 Å². The van der Waals surface area contributed by atoms with Gasteiger partial charge in [-0.05, 0) is 61.3 Å². The van der Waals surface area contributed by atoms with Crippen LogP contribution in [0.2, 0.25) is 0 Å². The van der Waals surface area contributed by atoms with Crippen LogP contribution in [0.15, 0.2) is 23.6 Å². The number of carboxylic acid groups (broad SMARTS) is 1. The molecule has 132 valence electrons. The fourth-order valence-electron chi connectivity index (χ4n) is 3.31. The number of hydrogen-bond donors (Lipinski definition) is 2. The summed E-state index contributed by atoms with van der Waals surface area (Å²) >= 11 is 1.61. The number of carbonyl (C=O) groups excluding carboxylic acids is 1. The predicted molar refractivity (Wildman–Crippen MR) is 99.3 cm³/mol. The highest BCUT2D eigenvalue weighted by Crippen LogP contribution is 2.33. The molecular formula is C20H23NO3S. The number of thiophene rings is 1. The average molecular weight is 357 g/mol. The number of rotatable bonds is 4. The van der Waals surface area contributed by atoms with Crippen molar-refractivity contribution in [2.45, 2.75) is 46.1 Å². The number of benzene rings is 1. The van der Waals surface area contributed by atoms with Crippen molar-refractivity contribution in [3.8, 4) is 0 Å². The Morgan fingerprint density at radius 1 is 1.28 bits per heavy atom. The molecule has 0 radical (unpaired) electrons. The van der Waals surface area contributed by atoms with Crippen molar-refractivity contribution in [2.24, 2.45) is 5.92 Å². The maximum atomic E-state index is 12.7. The third-order valence-corrected chi connectivity index (χ3v) is 6.08. The molecule has 1 aliphatic carbocycles. The Bertz CT molecular complexity index is 824. The predicted octanol–water partition coefficient (Wildman–Crippen LogP) is 4.05. The van der Waals surface area contributed by atoms with Crippen molar-refractivity contribution in [2.75, 3.05) is 0 Å². The number of nitrogens with one attached hydrogen (secondary N) is 1. The summed E-state index contributed by atoms with van der Waals surface area (Å²) in [5, 5.41) is 14.2. The molecule has 1 heterocycles. The second-order valence-electron chi connectivity index (χ2n) is 6.99. The second kappa shape index (κ2) is 7.00. The van der Waals surface area contributed by atoms with Gasteiger partial charge in [0.15, 0.2) is 6.04 Å². The lowest BCUT2D eigenvalue weighted by Gasteiger charge is -2.20. The minimum atomic E-state index is -1.05. The summed E-state index contributed by atoms with van der Waals surface area (Å²) in [6.07, 6.45) is 2.97. The molecule has 25 heavy (non-hydrogen) atoms. The highest BCUT2D eigenvalue weighted by Gasteiger charge is 2.27. The van der Waals surface area contributed by atoms with Crippen molar-refractivity contribution in [3.05, 3.63) is 56.3 Å². The smallest absolute Gasteiger partial charge is 0.330 e. The topological polar surface area (TPSA) is 66.4 Å². The molecule has 1 aromatic heterocycles. The lowest BCUT2D eigenvalue weighted by Crippen LogP contribution is -2.34. The Kier molecular flexibility index (Phi) is 4.95. The minimum absolute atomic E-state index is 0.294. The minimum Gasteiger partial charge on any atom is -0.479 e. The number of fused-ring (bicyclic) bond motifs is 1. The van der Waals surface area contributed by atoms with E-state index in [0.717, 1.165) is 36.0 Å². The van der Waals surface area contributed by atoms with E-state index < -0.39 is 12.0 Å². The van der Waals surface area contributed by atoms with E-state index in [0.29, 0.717) is 17.0 Å². The van der Waals surface area contributed by atoms with Gasteiger partial charge in [-0.15, -0.1) is 11.3 Å². The van der Waals surface area contributed by atoms with Crippen LogP contribution in [0.3, 0.4) is 0 Å². The molecule has 5 heteroatoms. The molecule has 2 atom stereocenters. The van der Waals surface area contributed by atoms with E-state index >= 15 is 0 Å². The van der Waals surface area contributed by atoms with E-state index in [2.05, 4.69) is 12.2 Å². The first kappa shape index (κ1) is 17.7. The van der Waals surface area contributed by atoms with Gasteiger partial charge in [0, 0.05) is 10.3 Å². The van der Waals surface area contributed by atoms with Gasteiger partial charge in [0.25, 0.3) is 5.91 Å². The van der Waals surface area contributed by atoms with Gasteiger partial charge in [0.2, 0.25) is 0 Å². The molecule has 4 nitrogen and oxygen atoms in total. The molecule has 1 amide bonds. The summed E-state index contributed by atoms with van der Waals surface area (Å²) in [5.74, 6) is -0.698. The SMILES string of the molecule is Cc1ccc(C(NC(=O)c2csc3c2CCC(C)C3)C(=O)O)cc1C. The van der Waals surface area contributed by atoms with E-state index in [-0.39, 0.29) is 5.91 Å². The zero-order valence-corrected chi connectivity index (χ0v) is 15.6. The second-order valence-corrected chi connectivity index (χ2v) is 7.95. The Labute approximate surface area is 151 Å². The van der Waals surface area contributed by atoms with Crippen molar-refractivity contribution < 1.29 is 14.7 Å². The average Bonchev–Trinajstić information content (AvgIpc) is 2.97. The first-order valence-corrected chi connectivity index (χ1v) is 9.45. The third-order valence-electron chi connectivity index (χ3n) is 5.03. The zero-order valence-electron chi connectivity index (χ0n) is 14.8. The first-order valence-electron chi connectivity index (χ1n) is 8.57. The van der Waals surface area contributed by atoms with Crippen molar-refractivity contribution >= 4 is 23.2 Å². The molecule has 2 unspecified atom stereocenters. The molecule has 3 rings (SSSR count). The van der Waals surface area contributed by atoms with Crippen LogP contribution in [0.1, 0.15) is 56.9 Å². The quantitative estimate of drug-likeness (QED) is 0.868. The van der Waals surface area contributed by atoms with Crippen LogP contribution in [-0.2, 0) is 17.6 Å². The summed E-state index contributed by atoms with van der Waals surface area (Å²) < 4.78 is 0. The Morgan fingerprint density at radius 2 is 2.04 bits per heavy atom. The Balaban J connectivity index is 1.85. The number of aryl methyl sites for hydroxylation is 2. The molecule has 0 saturated carbocycles. The van der Waals surface area contributed by atoms with Gasteiger partial charge in [-0.2, -0.15) is 0 Å². The van der Waals surface area contributed by atoms with Crippen LogP contribution >= 0.6 is 11.3 Å². The molecule has 1 aromatic carbocycles. The molecule has 2 aromatic rings. The highest BCUT2D eigenvalue weighted by atomic mass is 32.1. The Morgan fingerprint density at radius 3 is 2.72 bits per heavy atom. The lowest BCUT2D eigenvalue weighted by atomic mass is 9.88. The van der Waals surface area contributed by atoms with Crippen LogP contribution in [-0.4, -0.2) is 17.0 Å². The monoisotopic (exact) mass is 357 g/mol. The van der Waals surface area contributed by atoms with E-state index in [9.17, 15) is 14.7 Å². The van der Waals surface area contributed by atoms with Gasteiger partial charge >= 0.3 is 5.97 Å². The summed E-state index contributed by atoms with van der Waals surface area (Å²) in [6.45, 7) is 6.14. The number of amides is 1. The summed E-state index contributed by atoms with van der Waals surface area (Å²) in [4.78, 5) is 25.7. The summed E-state index contributed by atoms with van der Waals surface area (Å²) in [5.41, 5.74) is 4.45. The van der Waals surface area contributed by atoms with Crippen LogP contribution in [0.4, 0.5) is 0 Å². The molecular weight excluding hydrogens is 334 g/mol. The van der Waals surface area contributed by atoms with E-state index in [1.165, 1.54) is 4.88 Å². The summed E-state index contributed by atoms with van der Waals surface area (Å²) in [6, 6.07) is 4.45. The first-order chi connectivity index (χ1) is 11.9. The molecule has 0 saturated heterocycles. The van der Waals surface area contributed by atoms with E-state index in [1.54, 1.807) is 17.4 Å². The molecule has 0 bridgehead atoms. The van der Waals surface area contributed by atoms with Gasteiger partial charge in [-0.1, -0.05) is 25.1 Å². The van der Waals surface area contributed by atoms with Crippen LogP contribution in [0.25, 0.3) is 0 Å². The van der Waals surface area contributed by atoms with Gasteiger partial charge in [0.1, 0.15) is 0 Å². The van der Waals surface area contributed by atoms with E-state index in [1.807, 2.05) is 31.4 Å². The summed E-state index contributed by atoms with van der Waals surface area (Å²) in [7, 11) is 0. The van der Waals surface area contributed by atoms with Gasteiger partial charge in [-0.3, -0.25) is 4.79 Å². The normalized spacial score (nSPS) is 17.6. The molecule has 0 aliphatic heterocycles. The molecule has 1 aliphatic rings. The number of carbonyl (C=O) groups is 2. The van der Waals surface area contributed by atoms with Gasteiger partial charge in [-0.25, -0.2) is 4.79 Å². The molecule has 0 spiro atoms. The largest absolute Gasteiger partial charge is 0.479 e. The lowest BCUT2D eigenvalue weighted by molar-refractivity contribution is -0.139. The van der Waals surface area contributed by atoms with Crippen molar-refractivity contribution in [1.82, 2.24) is 5.32 Å². The number of aliphatic carboxylic acids is 1. The van der Waals surface area contributed by atoms with Crippen molar-refractivity contribution in [3.63, 3.8) is 0 Å².